The quantitative estimate of drug-likeness (QED) is 0.863. The van der Waals surface area contributed by atoms with Crippen molar-refractivity contribution in [3.05, 3.63) is 30.1 Å². The molecule has 2 N–H and O–H groups in total. The Morgan fingerprint density at radius 3 is 2.65 bits per heavy atom. The minimum atomic E-state index is -1.00. The second kappa shape index (κ2) is 7.26. The van der Waals surface area contributed by atoms with Crippen LogP contribution in [-0.4, -0.2) is 46.2 Å². The topological polar surface area (TPSA) is 102 Å². The van der Waals surface area contributed by atoms with Gasteiger partial charge in [0.2, 0.25) is 5.91 Å². The van der Waals surface area contributed by atoms with E-state index in [2.05, 4.69) is 33.2 Å². The van der Waals surface area contributed by atoms with E-state index in [0.717, 1.165) is 12.2 Å². The van der Waals surface area contributed by atoms with Crippen molar-refractivity contribution in [3.63, 3.8) is 0 Å². The monoisotopic (exact) mass is 353 g/mol. The van der Waals surface area contributed by atoms with Gasteiger partial charge in [0, 0.05) is 25.5 Å². The number of aliphatic hydroxyl groups excluding tert-OH is 1. The highest BCUT2D eigenvalue weighted by atomic mass is 16.3. The van der Waals surface area contributed by atoms with Crippen LogP contribution < -0.4 is 10.2 Å². The number of hydrogen-bond acceptors (Lipinski definition) is 6. The van der Waals surface area contributed by atoms with E-state index < -0.39 is 6.10 Å². The van der Waals surface area contributed by atoms with Crippen LogP contribution >= 0.6 is 0 Å². The lowest BCUT2D eigenvalue weighted by molar-refractivity contribution is -0.132. The van der Waals surface area contributed by atoms with Crippen molar-refractivity contribution < 1.29 is 9.90 Å². The van der Waals surface area contributed by atoms with Gasteiger partial charge < -0.3 is 15.3 Å². The summed E-state index contributed by atoms with van der Waals surface area (Å²) >= 11 is 0. The Hall–Kier alpha value is -2.72. The first-order chi connectivity index (χ1) is 12.4. The van der Waals surface area contributed by atoms with Crippen LogP contribution in [0.25, 0.3) is 11.0 Å². The smallest absolute Gasteiger partial charge is 0.249 e. The second-order valence-electron chi connectivity index (χ2n) is 7.18. The third-order valence-electron chi connectivity index (χ3n) is 4.91. The lowest BCUT2D eigenvalue weighted by Gasteiger charge is -2.22. The fourth-order valence-electron chi connectivity index (χ4n) is 3.31. The maximum absolute atomic E-state index is 12.2. The number of aliphatic hydroxyl groups is 1. The normalized spacial score (nSPS) is 21.0. The predicted octanol–water partition coefficient (Wildman–Crippen LogP) is 1.46. The van der Waals surface area contributed by atoms with Crippen molar-refractivity contribution in [1.82, 2.24) is 15.3 Å². The van der Waals surface area contributed by atoms with Crippen LogP contribution in [0, 0.1) is 23.2 Å². The zero-order chi connectivity index (χ0) is 18.8. The lowest BCUT2D eigenvalue weighted by Crippen LogP contribution is -2.46. The van der Waals surface area contributed by atoms with Gasteiger partial charge in [-0.2, -0.15) is 5.26 Å². The Morgan fingerprint density at radius 1 is 1.31 bits per heavy atom. The van der Waals surface area contributed by atoms with E-state index in [-0.39, 0.29) is 23.8 Å². The number of nitrogens with zero attached hydrogens (tertiary/aromatic N) is 4. The number of aromatic nitrogens is 2. The van der Waals surface area contributed by atoms with Gasteiger partial charge in [-0.25, -0.2) is 0 Å². The van der Waals surface area contributed by atoms with Crippen molar-refractivity contribution in [2.75, 3.05) is 18.0 Å². The SMILES string of the molecule is CC1CN(c2ccc(C#N)c3nccnc23)CC1NC(=O)[C@@H](O)C(C)C. The van der Waals surface area contributed by atoms with Gasteiger partial charge >= 0.3 is 0 Å². The Morgan fingerprint density at radius 2 is 2.00 bits per heavy atom. The Kier molecular flexibility index (Phi) is 5.05. The van der Waals surface area contributed by atoms with Crippen LogP contribution in [-0.2, 0) is 4.79 Å². The molecule has 3 rings (SSSR count). The van der Waals surface area contributed by atoms with Crippen LogP contribution in [0.15, 0.2) is 24.5 Å². The molecule has 0 spiro atoms. The first-order valence-electron chi connectivity index (χ1n) is 8.79. The fraction of sp³-hybridized carbons (Fsp3) is 0.474. The summed E-state index contributed by atoms with van der Waals surface area (Å²) in [6.07, 6.45) is 2.19. The van der Waals surface area contributed by atoms with E-state index in [9.17, 15) is 15.2 Å². The molecule has 1 aliphatic heterocycles. The Balaban J connectivity index is 1.83. The number of rotatable bonds is 4. The molecule has 0 radical (unpaired) electrons. The maximum atomic E-state index is 12.2. The molecule has 7 heteroatoms. The van der Waals surface area contributed by atoms with E-state index in [1.165, 1.54) is 0 Å². The molecule has 3 atom stereocenters. The molecule has 1 aromatic carbocycles. The predicted molar refractivity (Wildman–Crippen MR) is 98.4 cm³/mol. The molecule has 2 unspecified atom stereocenters. The lowest BCUT2D eigenvalue weighted by atomic mass is 10.0. The second-order valence-corrected chi connectivity index (χ2v) is 7.18. The van der Waals surface area contributed by atoms with Gasteiger partial charge in [0.1, 0.15) is 23.2 Å². The third kappa shape index (κ3) is 3.33. The zero-order valence-corrected chi connectivity index (χ0v) is 15.2. The summed E-state index contributed by atoms with van der Waals surface area (Å²) in [7, 11) is 0. The van der Waals surface area contributed by atoms with Gasteiger partial charge in [-0.05, 0) is 24.0 Å². The summed E-state index contributed by atoms with van der Waals surface area (Å²) in [6.45, 7) is 7.08. The number of hydrogen-bond donors (Lipinski definition) is 2. The van der Waals surface area contributed by atoms with Crippen LogP contribution in [0.5, 0.6) is 0 Å². The van der Waals surface area contributed by atoms with E-state index in [4.69, 9.17) is 0 Å². The molecule has 2 aromatic rings. The minimum absolute atomic E-state index is 0.0572. The van der Waals surface area contributed by atoms with E-state index >= 15 is 0 Å². The largest absolute Gasteiger partial charge is 0.383 e. The number of nitrogens with one attached hydrogen (secondary N) is 1. The maximum Gasteiger partial charge on any atom is 0.249 e. The van der Waals surface area contributed by atoms with Crippen LogP contribution in [0.1, 0.15) is 26.3 Å². The molecule has 1 fully saturated rings. The molecular weight excluding hydrogens is 330 g/mol. The van der Waals surface area contributed by atoms with Crippen molar-refractivity contribution in [1.29, 1.82) is 5.26 Å². The van der Waals surface area contributed by atoms with Crippen LogP contribution in [0.2, 0.25) is 0 Å². The highest BCUT2D eigenvalue weighted by Gasteiger charge is 2.33. The molecule has 1 amide bonds. The van der Waals surface area contributed by atoms with E-state index in [0.29, 0.717) is 23.1 Å². The zero-order valence-electron chi connectivity index (χ0n) is 15.2. The van der Waals surface area contributed by atoms with Crippen molar-refractivity contribution >= 4 is 22.6 Å². The third-order valence-corrected chi connectivity index (χ3v) is 4.91. The number of amides is 1. The number of carbonyl (C=O) groups excluding carboxylic acids is 1. The van der Waals surface area contributed by atoms with Gasteiger partial charge in [0.05, 0.1) is 17.3 Å². The number of fused-ring (bicyclic) bond motifs is 1. The van der Waals surface area contributed by atoms with Crippen LogP contribution in [0.3, 0.4) is 0 Å². The minimum Gasteiger partial charge on any atom is -0.383 e. The first kappa shape index (κ1) is 18.1. The molecule has 26 heavy (non-hydrogen) atoms. The average molecular weight is 353 g/mol. The molecule has 1 saturated heterocycles. The molecule has 0 aliphatic carbocycles. The Labute approximate surface area is 152 Å². The Bertz CT molecular complexity index is 861. The average Bonchev–Trinajstić information content (AvgIpc) is 3.00. The first-order valence-corrected chi connectivity index (χ1v) is 8.79. The number of benzene rings is 1. The summed E-state index contributed by atoms with van der Waals surface area (Å²) in [5.41, 5.74) is 2.67. The van der Waals surface area contributed by atoms with Gasteiger partial charge in [0.15, 0.2) is 0 Å². The molecular formula is C19H23N5O2. The van der Waals surface area contributed by atoms with Crippen LogP contribution in [0.4, 0.5) is 5.69 Å². The number of nitriles is 1. The highest BCUT2D eigenvalue weighted by Crippen LogP contribution is 2.30. The van der Waals surface area contributed by atoms with Crippen molar-refractivity contribution in [3.8, 4) is 6.07 Å². The van der Waals surface area contributed by atoms with Gasteiger partial charge in [-0.3, -0.25) is 14.8 Å². The van der Waals surface area contributed by atoms with Gasteiger partial charge in [0.25, 0.3) is 0 Å². The van der Waals surface area contributed by atoms with E-state index in [1.54, 1.807) is 18.5 Å². The molecule has 136 valence electrons. The molecule has 7 nitrogen and oxygen atoms in total. The van der Waals surface area contributed by atoms with Gasteiger partial charge in [-0.1, -0.05) is 20.8 Å². The van der Waals surface area contributed by atoms with Crippen molar-refractivity contribution in [2.24, 2.45) is 11.8 Å². The summed E-state index contributed by atoms with van der Waals surface area (Å²) in [5, 5.41) is 22.2. The number of anilines is 1. The van der Waals surface area contributed by atoms with Gasteiger partial charge in [-0.15, -0.1) is 0 Å². The fourth-order valence-corrected chi connectivity index (χ4v) is 3.31. The molecule has 0 bridgehead atoms. The van der Waals surface area contributed by atoms with E-state index in [1.807, 2.05) is 19.9 Å². The van der Waals surface area contributed by atoms with Crippen molar-refractivity contribution in [2.45, 2.75) is 32.9 Å². The summed E-state index contributed by atoms with van der Waals surface area (Å²) in [4.78, 5) is 23.0. The molecule has 0 saturated carbocycles. The standard InChI is InChI=1S/C19H23N5O2/c1-11(2)18(25)19(26)23-14-10-24(9-12(14)3)15-5-4-13(8-20)16-17(15)22-7-6-21-16/h4-7,11-12,14,18,25H,9-10H2,1-3H3,(H,23,26)/t12?,14?,18-/m0/s1. The molecule has 1 aliphatic rings. The molecule has 2 heterocycles. The highest BCUT2D eigenvalue weighted by molar-refractivity contribution is 5.92. The summed E-state index contributed by atoms with van der Waals surface area (Å²) in [6, 6.07) is 5.73. The number of carbonyl (C=O) groups is 1. The summed E-state index contributed by atoms with van der Waals surface area (Å²) in [5.74, 6) is -0.232. The molecule has 1 aromatic heterocycles. The summed E-state index contributed by atoms with van der Waals surface area (Å²) < 4.78 is 0.